The van der Waals surface area contributed by atoms with Gasteiger partial charge in [0.05, 0.1) is 12.5 Å². The highest BCUT2D eigenvalue weighted by Gasteiger charge is 2.35. The summed E-state index contributed by atoms with van der Waals surface area (Å²) in [5.41, 5.74) is 1.26. The number of rotatable bonds is 4. The van der Waals surface area contributed by atoms with Crippen LogP contribution in [0.3, 0.4) is 0 Å². The van der Waals surface area contributed by atoms with Gasteiger partial charge in [-0.25, -0.2) is 0 Å². The molecule has 0 aliphatic carbocycles. The first-order valence-corrected chi connectivity index (χ1v) is 7.12. The second kappa shape index (κ2) is 8.42. The Morgan fingerprint density at radius 1 is 1.35 bits per heavy atom. The summed E-state index contributed by atoms with van der Waals surface area (Å²) in [6.45, 7) is 4.38. The van der Waals surface area contributed by atoms with E-state index in [2.05, 4.69) is 24.1 Å². The van der Waals surface area contributed by atoms with Crippen LogP contribution in [0.2, 0.25) is 0 Å². The highest BCUT2D eigenvalue weighted by Crippen LogP contribution is 2.33. The van der Waals surface area contributed by atoms with Gasteiger partial charge in [-0.05, 0) is 37.9 Å². The molecule has 1 aliphatic rings. The number of carbonyl (C=O) groups is 1. The number of hydrogen-bond acceptors (Lipinski definition) is 3. The van der Waals surface area contributed by atoms with Crippen LogP contribution in [0.15, 0.2) is 30.3 Å². The van der Waals surface area contributed by atoms with Crippen LogP contribution in [0, 0.1) is 5.92 Å². The zero-order valence-electron chi connectivity index (χ0n) is 12.2. The summed E-state index contributed by atoms with van der Waals surface area (Å²) in [5.74, 6) is 0.219. The van der Waals surface area contributed by atoms with Gasteiger partial charge in [-0.3, -0.25) is 4.79 Å². The molecule has 112 valence electrons. The number of ether oxygens (including phenoxy) is 1. The van der Waals surface area contributed by atoms with E-state index in [0.29, 0.717) is 12.5 Å². The van der Waals surface area contributed by atoms with E-state index in [4.69, 9.17) is 4.74 Å². The topological polar surface area (TPSA) is 29.5 Å². The Balaban J connectivity index is 0.00000200. The van der Waals surface area contributed by atoms with Crippen molar-refractivity contribution in [3.8, 4) is 0 Å². The van der Waals surface area contributed by atoms with Crippen LogP contribution in [-0.2, 0) is 9.53 Å². The molecule has 0 aromatic heterocycles. The fourth-order valence-corrected chi connectivity index (χ4v) is 2.76. The Kier molecular flexibility index (Phi) is 7.24. The number of halogens is 1. The summed E-state index contributed by atoms with van der Waals surface area (Å²) >= 11 is 0. The third-order valence-corrected chi connectivity index (χ3v) is 3.79. The van der Waals surface area contributed by atoms with Crippen LogP contribution in [0.1, 0.15) is 31.2 Å². The molecule has 3 nitrogen and oxygen atoms in total. The molecule has 0 saturated carbocycles. The number of piperidine rings is 1. The van der Waals surface area contributed by atoms with Gasteiger partial charge in [0, 0.05) is 6.54 Å². The first-order chi connectivity index (χ1) is 9.22. The first-order valence-electron chi connectivity index (χ1n) is 7.12. The molecule has 2 atom stereocenters. The minimum atomic E-state index is -0.0396. The molecular formula is C16H24BrNO2. The minimum absolute atomic E-state index is 0. The van der Waals surface area contributed by atoms with Crippen molar-refractivity contribution in [2.45, 2.75) is 25.7 Å². The quantitative estimate of drug-likeness (QED) is 0.787. The molecular weight excluding hydrogens is 318 g/mol. The van der Waals surface area contributed by atoms with Crippen molar-refractivity contribution in [1.82, 2.24) is 4.90 Å². The molecule has 1 saturated heterocycles. The maximum absolute atomic E-state index is 12.2. The van der Waals surface area contributed by atoms with E-state index >= 15 is 0 Å². The summed E-state index contributed by atoms with van der Waals surface area (Å²) in [4.78, 5) is 14.5. The van der Waals surface area contributed by atoms with Crippen LogP contribution in [-0.4, -0.2) is 37.6 Å². The zero-order chi connectivity index (χ0) is 13.7. The molecule has 20 heavy (non-hydrogen) atoms. The lowest BCUT2D eigenvalue weighted by Crippen LogP contribution is -2.41. The van der Waals surface area contributed by atoms with E-state index in [-0.39, 0.29) is 28.9 Å². The van der Waals surface area contributed by atoms with Gasteiger partial charge in [-0.2, -0.15) is 0 Å². The van der Waals surface area contributed by atoms with Crippen LogP contribution in [0.25, 0.3) is 0 Å². The minimum Gasteiger partial charge on any atom is -0.465 e. The Bertz CT molecular complexity index is 410. The monoisotopic (exact) mass is 341 g/mol. The second-order valence-electron chi connectivity index (χ2n) is 5.34. The molecule has 1 aromatic rings. The van der Waals surface area contributed by atoms with E-state index in [1.807, 2.05) is 25.1 Å². The third-order valence-electron chi connectivity index (χ3n) is 3.79. The van der Waals surface area contributed by atoms with Gasteiger partial charge in [0.2, 0.25) is 0 Å². The van der Waals surface area contributed by atoms with Gasteiger partial charge >= 0.3 is 5.97 Å². The predicted molar refractivity (Wildman–Crippen MR) is 86.4 cm³/mol. The van der Waals surface area contributed by atoms with Crippen LogP contribution in [0.4, 0.5) is 0 Å². The van der Waals surface area contributed by atoms with Crippen molar-refractivity contribution in [1.29, 1.82) is 0 Å². The normalized spacial score (nSPS) is 22.9. The molecule has 0 amide bonds. The molecule has 1 heterocycles. The fourth-order valence-electron chi connectivity index (χ4n) is 2.76. The predicted octanol–water partition coefficient (Wildman–Crippen LogP) is 3.25. The molecule has 4 heteroatoms. The number of esters is 1. The summed E-state index contributed by atoms with van der Waals surface area (Å²) < 4.78 is 5.37. The Labute approximate surface area is 132 Å². The van der Waals surface area contributed by atoms with Gasteiger partial charge in [0.15, 0.2) is 0 Å². The summed E-state index contributed by atoms with van der Waals surface area (Å²) in [6.07, 6.45) is 1.90. The van der Waals surface area contributed by atoms with E-state index in [1.54, 1.807) is 0 Å². The smallest absolute Gasteiger partial charge is 0.310 e. The lowest BCUT2D eigenvalue weighted by Gasteiger charge is -2.35. The second-order valence-corrected chi connectivity index (χ2v) is 5.34. The van der Waals surface area contributed by atoms with Gasteiger partial charge in [-0.15, -0.1) is 17.0 Å². The number of likely N-dealkylation sites (tertiary alicyclic amines) is 1. The largest absolute Gasteiger partial charge is 0.465 e. The number of nitrogens with zero attached hydrogens (tertiary/aromatic N) is 1. The van der Waals surface area contributed by atoms with Gasteiger partial charge in [0.1, 0.15) is 0 Å². The van der Waals surface area contributed by atoms with E-state index < -0.39 is 0 Å². The maximum atomic E-state index is 12.2. The van der Waals surface area contributed by atoms with E-state index in [1.165, 1.54) is 5.56 Å². The molecule has 0 unspecified atom stereocenters. The lowest BCUT2D eigenvalue weighted by molar-refractivity contribution is -0.151. The summed E-state index contributed by atoms with van der Waals surface area (Å²) in [5, 5.41) is 0. The number of benzene rings is 1. The standard InChI is InChI=1S/C16H23NO2.BrH/c1-3-11-19-16(18)15-12-17(2)10-9-14(15)13-7-5-4-6-8-13;/h4-8,14-15H,3,9-12H2,1-2H3;1H/t14-,15+;/m1./s1. The molecule has 1 aromatic carbocycles. The summed E-state index contributed by atoms with van der Waals surface area (Å²) in [7, 11) is 2.07. The fraction of sp³-hybridized carbons (Fsp3) is 0.562. The molecule has 0 bridgehead atoms. The summed E-state index contributed by atoms with van der Waals surface area (Å²) in [6, 6.07) is 10.3. The van der Waals surface area contributed by atoms with Crippen LogP contribution in [0.5, 0.6) is 0 Å². The van der Waals surface area contributed by atoms with Crippen molar-refractivity contribution >= 4 is 23.0 Å². The van der Waals surface area contributed by atoms with Crippen LogP contribution >= 0.6 is 17.0 Å². The van der Waals surface area contributed by atoms with Crippen molar-refractivity contribution in [3.05, 3.63) is 35.9 Å². The van der Waals surface area contributed by atoms with Crippen molar-refractivity contribution < 1.29 is 9.53 Å². The average Bonchev–Trinajstić information content (AvgIpc) is 2.45. The molecule has 0 spiro atoms. The van der Waals surface area contributed by atoms with Gasteiger partial charge in [-0.1, -0.05) is 37.3 Å². The molecule has 2 rings (SSSR count). The zero-order valence-corrected chi connectivity index (χ0v) is 14.0. The lowest BCUT2D eigenvalue weighted by atomic mass is 9.80. The van der Waals surface area contributed by atoms with Crippen molar-refractivity contribution in [3.63, 3.8) is 0 Å². The van der Waals surface area contributed by atoms with E-state index in [9.17, 15) is 4.79 Å². The van der Waals surface area contributed by atoms with Gasteiger partial charge in [0.25, 0.3) is 0 Å². The SMILES string of the molecule is Br.CCCOC(=O)[C@H]1CN(C)CC[C@@H]1c1ccccc1. The highest BCUT2D eigenvalue weighted by atomic mass is 79.9. The van der Waals surface area contributed by atoms with Crippen molar-refractivity contribution in [2.75, 3.05) is 26.7 Å². The van der Waals surface area contributed by atoms with Gasteiger partial charge < -0.3 is 9.64 Å². The first kappa shape index (κ1) is 17.2. The Morgan fingerprint density at radius 2 is 2.05 bits per heavy atom. The van der Waals surface area contributed by atoms with Crippen molar-refractivity contribution in [2.24, 2.45) is 5.92 Å². The number of hydrogen-bond donors (Lipinski definition) is 0. The maximum Gasteiger partial charge on any atom is 0.310 e. The van der Waals surface area contributed by atoms with Crippen LogP contribution < -0.4 is 0 Å². The third kappa shape index (κ3) is 4.32. The van der Waals surface area contributed by atoms with E-state index in [0.717, 1.165) is 25.9 Å². The Hall–Kier alpha value is -0.870. The highest BCUT2D eigenvalue weighted by molar-refractivity contribution is 8.93. The average molecular weight is 342 g/mol. The Morgan fingerprint density at radius 3 is 2.70 bits per heavy atom. The number of carbonyl (C=O) groups excluding carboxylic acids is 1. The molecule has 0 N–H and O–H groups in total. The molecule has 1 aliphatic heterocycles. The molecule has 1 fully saturated rings. The molecule has 0 radical (unpaired) electrons.